The Hall–Kier alpha value is -1.07. The van der Waals surface area contributed by atoms with E-state index < -0.39 is 10.0 Å². The Balaban J connectivity index is 1.84. The van der Waals surface area contributed by atoms with Crippen molar-refractivity contribution in [3.63, 3.8) is 0 Å². The van der Waals surface area contributed by atoms with Gasteiger partial charge in [0.2, 0.25) is 10.0 Å². The zero-order valence-electron chi connectivity index (χ0n) is 9.94. The van der Waals surface area contributed by atoms with Gasteiger partial charge in [-0.25, -0.2) is 8.42 Å². The summed E-state index contributed by atoms with van der Waals surface area (Å²) in [6.07, 6.45) is 2.34. The summed E-state index contributed by atoms with van der Waals surface area (Å²) in [4.78, 5) is 0. The average Bonchev–Trinajstić information content (AvgIpc) is 3.05. The van der Waals surface area contributed by atoms with Crippen LogP contribution in [-0.2, 0) is 10.0 Å². The lowest BCUT2D eigenvalue weighted by Gasteiger charge is -2.08. The maximum atomic E-state index is 11.7. The summed E-state index contributed by atoms with van der Waals surface area (Å²) in [5, 5.41) is 3.19. The zero-order chi connectivity index (χ0) is 12.3. The molecule has 0 atom stereocenters. The molecule has 0 bridgehead atoms. The second kappa shape index (κ2) is 5.06. The highest BCUT2D eigenvalue weighted by atomic mass is 32.2. The van der Waals surface area contributed by atoms with Crippen molar-refractivity contribution in [2.75, 3.05) is 17.0 Å². The molecule has 0 aromatic heterocycles. The van der Waals surface area contributed by atoms with Crippen molar-refractivity contribution in [3.8, 4) is 0 Å². The van der Waals surface area contributed by atoms with E-state index in [2.05, 4.69) is 10.0 Å². The Bertz CT molecular complexity index is 464. The summed E-state index contributed by atoms with van der Waals surface area (Å²) in [5.74, 6) is 0.122. The SMILES string of the molecule is Cc1ccc(NS(=O)(=O)CCNC2CC2)cc1. The molecular weight excluding hydrogens is 236 g/mol. The Kier molecular flexibility index (Phi) is 3.69. The molecule has 0 saturated heterocycles. The normalized spacial score (nSPS) is 15.8. The number of benzene rings is 1. The summed E-state index contributed by atoms with van der Waals surface area (Å²) in [6, 6.07) is 7.88. The number of aryl methyl sites for hydroxylation is 1. The third kappa shape index (κ3) is 4.36. The zero-order valence-corrected chi connectivity index (χ0v) is 10.8. The quantitative estimate of drug-likeness (QED) is 0.808. The third-order valence-corrected chi connectivity index (χ3v) is 3.99. The van der Waals surface area contributed by atoms with Crippen molar-refractivity contribution < 1.29 is 8.42 Å². The summed E-state index contributed by atoms with van der Waals surface area (Å²) < 4.78 is 26.0. The van der Waals surface area contributed by atoms with Crippen molar-refractivity contribution in [2.24, 2.45) is 0 Å². The van der Waals surface area contributed by atoms with Gasteiger partial charge in [-0.2, -0.15) is 0 Å². The molecule has 2 rings (SSSR count). The molecule has 1 fully saturated rings. The van der Waals surface area contributed by atoms with Crippen molar-refractivity contribution >= 4 is 15.7 Å². The number of sulfonamides is 1. The van der Waals surface area contributed by atoms with Gasteiger partial charge in [0.15, 0.2) is 0 Å². The molecule has 0 heterocycles. The summed E-state index contributed by atoms with van der Waals surface area (Å²) in [5.41, 5.74) is 1.74. The minimum atomic E-state index is -3.23. The highest BCUT2D eigenvalue weighted by molar-refractivity contribution is 7.92. The van der Waals surface area contributed by atoms with Crippen LogP contribution in [0.3, 0.4) is 0 Å². The van der Waals surface area contributed by atoms with Crippen LogP contribution in [0, 0.1) is 6.92 Å². The standard InChI is InChI=1S/C12H18N2O2S/c1-10-2-4-12(5-3-10)14-17(15,16)9-8-13-11-6-7-11/h2-5,11,13-14H,6-9H2,1H3. The first kappa shape index (κ1) is 12.4. The van der Waals surface area contributed by atoms with Crippen molar-refractivity contribution in [1.29, 1.82) is 0 Å². The Morgan fingerprint density at radius 3 is 2.47 bits per heavy atom. The molecule has 5 heteroatoms. The lowest BCUT2D eigenvalue weighted by molar-refractivity contribution is 0.595. The number of rotatable bonds is 6. The van der Waals surface area contributed by atoms with Gasteiger partial charge in [0.25, 0.3) is 0 Å². The summed E-state index contributed by atoms with van der Waals surface area (Å²) in [7, 11) is -3.23. The van der Waals surface area contributed by atoms with E-state index in [1.807, 2.05) is 19.1 Å². The van der Waals surface area contributed by atoms with Gasteiger partial charge in [-0.05, 0) is 31.9 Å². The monoisotopic (exact) mass is 254 g/mol. The van der Waals surface area contributed by atoms with Gasteiger partial charge in [-0.3, -0.25) is 4.72 Å². The van der Waals surface area contributed by atoms with Gasteiger partial charge in [0.05, 0.1) is 5.75 Å². The van der Waals surface area contributed by atoms with Gasteiger partial charge >= 0.3 is 0 Å². The van der Waals surface area contributed by atoms with E-state index in [0.717, 1.165) is 5.56 Å². The maximum Gasteiger partial charge on any atom is 0.233 e. The lowest BCUT2D eigenvalue weighted by Crippen LogP contribution is -2.27. The highest BCUT2D eigenvalue weighted by Gasteiger charge is 2.21. The lowest BCUT2D eigenvalue weighted by atomic mass is 10.2. The first-order chi connectivity index (χ1) is 8.05. The molecular formula is C12H18N2O2S. The van der Waals surface area contributed by atoms with Crippen LogP contribution in [0.1, 0.15) is 18.4 Å². The summed E-state index contributed by atoms with van der Waals surface area (Å²) in [6.45, 7) is 2.49. The molecule has 0 spiro atoms. The molecule has 4 nitrogen and oxygen atoms in total. The van der Waals surface area contributed by atoms with Gasteiger partial charge in [0, 0.05) is 18.3 Å². The molecule has 1 aliphatic carbocycles. The van der Waals surface area contributed by atoms with Gasteiger partial charge in [-0.15, -0.1) is 0 Å². The smallest absolute Gasteiger partial charge is 0.233 e. The molecule has 17 heavy (non-hydrogen) atoms. The van der Waals surface area contributed by atoms with Crippen molar-refractivity contribution in [3.05, 3.63) is 29.8 Å². The van der Waals surface area contributed by atoms with E-state index >= 15 is 0 Å². The first-order valence-electron chi connectivity index (χ1n) is 5.86. The Morgan fingerprint density at radius 1 is 1.24 bits per heavy atom. The molecule has 0 aliphatic heterocycles. The van der Waals surface area contributed by atoms with Crippen molar-refractivity contribution in [2.45, 2.75) is 25.8 Å². The van der Waals surface area contributed by atoms with Crippen LogP contribution >= 0.6 is 0 Å². The molecule has 0 amide bonds. The average molecular weight is 254 g/mol. The Labute approximate surface area is 102 Å². The van der Waals surface area contributed by atoms with E-state index in [4.69, 9.17) is 0 Å². The number of nitrogens with one attached hydrogen (secondary N) is 2. The molecule has 1 aliphatic rings. The van der Waals surface area contributed by atoms with Gasteiger partial charge in [0.1, 0.15) is 0 Å². The largest absolute Gasteiger partial charge is 0.313 e. The molecule has 0 unspecified atom stereocenters. The summed E-state index contributed by atoms with van der Waals surface area (Å²) >= 11 is 0. The number of anilines is 1. The second-order valence-electron chi connectivity index (χ2n) is 4.52. The van der Waals surface area contributed by atoms with E-state index in [0.29, 0.717) is 18.3 Å². The second-order valence-corrected chi connectivity index (χ2v) is 6.36. The Morgan fingerprint density at radius 2 is 1.88 bits per heavy atom. The van der Waals surface area contributed by atoms with Crippen LogP contribution in [0.4, 0.5) is 5.69 Å². The fraction of sp³-hybridized carbons (Fsp3) is 0.500. The highest BCUT2D eigenvalue weighted by Crippen LogP contribution is 2.18. The van der Waals surface area contributed by atoms with Crippen LogP contribution in [0.25, 0.3) is 0 Å². The van der Waals surface area contributed by atoms with Crippen molar-refractivity contribution in [1.82, 2.24) is 5.32 Å². The van der Waals surface area contributed by atoms with E-state index in [9.17, 15) is 8.42 Å². The minimum absolute atomic E-state index is 0.122. The molecule has 0 radical (unpaired) electrons. The topological polar surface area (TPSA) is 58.2 Å². The third-order valence-electron chi connectivity index (χ3n) is 2.71. The van der Waals surface area contributed by atoms with Gasteiger partial charge < -0.3 is 5.32 Å². The predicted octanol–water partition coefficient (Wildman–Crippen LogP) is 1.49. The number of hydrogen-bond donors (Lipinski definition) is 2. The fourth-order valence-corrected chi connectivity index (χ4v) is 2.52. The maximum absolute atomic E-state index is 11.7. The molecule has 2 N–H and O–H groups in total. The van der Waals surface area contributed by atoms with Crippen LogP contribution < -0.4 is 10.0 Å². The van der Waals surface area contributed by atoms with E-state index in [-0.39, 0.29) is 5.75 Å². The predicted molar refractivity (Wildman–Crippen MR) is 69.6 cm³/mol. The van der Waals surface area contributed by atoms with Crippen LogP contribution in [-0.4, -0.2) is 26.8 Å². The van der Waals surface area contributed by atoms with Gasteiger partial charge in [-0.1, -0.05) is 17.7 Å². The van der Waals surface area contributed by atoms with E-state index in [1.165, 1.54) is 12.8 Å². The molecule has 1 aromatic rings. The van der Waals surface area contributed by atoms with Crippen LogP contribution in [0.2, 0.25) is 0 Å². The minimum Gasteiger partial charge on any atom is -0.313 e. The fourth-order valence-electron chi connectivity index (χ4n) is 1.54. The van der Waals surface area contributed by atoms with E-state index in [1.54, 1.807) is 12.1 Å². The number of hydrogen-bond acceptors (Lipinski definition) is 3. The molecule has 1 saturated carbocycles. The van der Waals surface area contributed by atoms with Crippen LogP contribution in [0.5, 0.6) is 0 Å². The molecule has 1 aromatic carbocycles. The molecule has 94 valence electrons. The first-order valence-corrected chi connectivity index (χ1v) is 7.51. The van der Waals surface area contributed by atoms with Crippen LogP contribution in [0.15, 0.2) is 24.3 Å².